The van der Waals surface area contributed by atoms with E-state index in [0.29, 0.717) is 0 Å². The molecule has 1 aromatic heterocycles. The van der Waals surface area contributed by atoms with Gasteiger partial charge in [-0.3, -0.25) is 4.98 Å². The lowest BCUT2D eigenvalue weighted by molar-refractivity contribution is -0.0979. The van der Waals surface area contributed by atoms with Gasteiger partial charge in [0, 0.05) is 36.7 Å². The molecule has 2 aromatic rings. The van der Waals surface area contributed by atoms with Crippen molar-refractivity contribution in [1.82, 2.24) is 4.98 Å². The van der Waals surface area contributed by atoms with E-state index in [1.807, 2.05) is 30.3 Å². The number of fused-ring (bicyclic) bond motifs is 1. The third kappa shape index (κ3) is 2.62. The zero-order valence-corrected chi connectivity index (χ0v) is 11.7. The minimum absolute atomic E-state index is 0.00868. The summed E-state index contributed by atoms with van der Waals surface area (Å²) in [5.41, 5.74) is 6.92. The van der Waals surface area contributed by atoms with E-state index < -0.39 is 0 Å². The fourth-order valence-electron chi connectivity index (χ4n) is 2.51. The van der Waals surface area contributed by atoms with Crippen LogP contribution in [0, 0.1) is 0 Å². The van der Waals surface area contributed by atoms with Crippen LogP contribution in [-0.2, 0) is 4.74 Å². The first-order valence-electron chi connectivity index (χ1n) is 7.16. The summed E-state index contributed by atoms with van der Waals surface area (Å²) in [5, 5.41) is 1.11. The molecular weight excluding hydrogens is 252 g/mol. The Morgan fingerprint density at radius 3 is 3.05 bits per heavy atom. The van der Waals surface area contributed by atoms with Crippen molar-refractivity contribution in [2.75, 3.05) is 6.61 Å². The summed E-state index contributed by atoms with van der Waals surface area (Å²) >= 11 is 0. The lowest BCUT2D eigenvalue weighted by atomic mass is 9.86. The number of benzene rings is 1. The highest BCUT2D eigenvalue weighted by molar-refractivity contribution is 5.79. The lowest BCUT2D eigenvalue weighted by Crippen LogP contribution is -2.59. The molecule has 4 heteroatoms. The topological polar surface area (TPSA) is 57.4 Å². The SMILES string of the molecule is CCCOC1C(N)CC1Oc1ccc2cccnc2c1. The molecule has 0 amide bonds. The van der Waals surface area contributed by atoms with Gasteiger partial charge in [-0.25, -0.2) is 0 Å². The van der Waals surface area contributed by atoms with E-state index in [9.17, 15) is 0 Å². The maximum Gasteiger partial charge on any atom is 0.128 e. The number of aromatic nitrogens is 1. The fraction of sp³-hybridized carbons (Fsp3) is 0.438. The van der Waals surface area contributed by atoms with Crippen molar-refractivity contribution in [3.63, 3.8) is 0 Å². The van der Waals surface area contributed by atoms with Crippen molar-refractivity contribution in [3.8, 4) is 5.75 Å². The van der Waals surface area contributed by atoms with Gasteiger partial charge in [-0.15, -0.1) is 0 Å². The third-order valence-corrected chi connectivity index (χ3v) is 3.67. The van der Waals surface area contributed by atoms with Gasteiger partial charge < -0.3 is 15.2 Å². The molecule has 3 unspecified atom stereocenters. The molecule has 20 heavy (non-hydrogen) atoms. The molecule has 0 saturated heterocycles. The van der Waals surface area contributed by atoms with Gasteiger partial charge in [-0.05, 0) is 24.6 Å². The van der Waals surface area contributed by atoms with Crippen molar-refractivity contribution in [3.05, 3.63) is 36.5 Å². The second-order valence-electron chi connectivity index (χ2n) is 5.25. The number of rotatable bonds is 5. The zero-order chi connectivity index (χ0) is 13.9. The number of nitrogens with two attached hydrogens (primary N) is 1. The van der Waals surface area contributed by atoms with Crippen LogP contribution in [-0.4, -0.2) is 29.8 Å². The zero-order valence-electron chi connectivity index (χ0n) is 11.7. The first kappa shape index (κ1) is 13.3. The van der Waals surface area contributed by atoms with Gasteiger partial charge in [-0.1, -0.05) is 13.0 Å². The average Bonchev–Trinajstić information content (AvgIpc) is 2.47. The molecule has 1 aromatic carbocycles. The summed E-state index contributed by atoms with van der Waals surface area (Å²) in [7, 11) is 0. The van der Waals surface area contributed by atoms with Crippen LogP contribution >= 0.6 is 0 Å². The Hall–Kier alpha value is -1.65. The predicted molar refractivity (Wildman–Crippen MR) is 78.8 cm³/mol. The monoisotopic (exact) mass is 272 g/mol. The van der Waals surface area contributed by atoms with Crippen LogP contribution in [0.5, 0.6) is 5.75 Å². The molecule has 2 N–H and O–H groups in total. The molecule has 1 fully saturated rings. The minimum atomic E-state index is 0.00868. The number of ether oxygens (including phenoxy) is 2. The summed E-state index contributed by atoms with van der Waals surface area (Å²) in [6.07, 6.45) is 3.69. The molecule has 4 nitrogen and oxygen atoms in total. The van der Waals surface area contributed by atoms with E-state index in [0.717, 1.165) is 36.1 Å². The molecule has 3 atom stereocenters. The van der Waals surface area contributed by atoms with Crippen LogP contribution in [0.3, 0.4) is 0 Å². The van der Waals surface area contributed by atoms with Gasteiger partial charge in [0.25, 0.3) is 0 Å². The highest BCUT2D eigenvalue weighted by Crippen LogP contribution is 2.29. The van der Waals surface area contributed by atoms with Crippen LogP contribution in [0.2, 0.25) is 0 Å². The highest BCUT2D eigenvalue weighted by atomic mass is 16.5. The van der Waals surface area contributed by atoms with Crippen molar-refractivity contribution in [1.29, 1.82) is 0 Å². The predicted octanol–water partition coefficient (Wildman–Crippen LogP) is 2.51. The highest BCUT2D eigenvalue weighted by Gasteiger charge is 2.41. The molecule has 0 radical (unpaired) electrons. The van der Waals surface area contributed by atoms with E-state index in [4.69, 9.17) is 15.2 Å². The van der Waals surface area contributed by atoms with Crippen molar-refractivity contribution in [2.45, 2.75) is 38.0 Å². The van der Waals surface area contributed by atoms with Crippen LogP contribution in [0.1, 0.15) is 19.8 Å². The van der Waals surface area contributed by atoms with E-state index in [1.165, 1.54) is 0 Å². The molecule has 106 valence electrons. The summed E-state index contributed by atoms with van der Waals surface area (Å²) in [6, 6.07) is 10.0. The van der Waals surface area contributed by atoms with E-state index in [1.54, 1.807) is 6.20 Å². The molecule has 0 bridgehead atoms. The normalized spacial score (nSPS) is 25.4. The molecule has 1 saturated carbocycles. The molecule has 0 aliphatic heterocycles. The molecule has 1 aliphatic rings. The van der Waals surface area contributed by atoms with Gasteiger partial charge in [0.1, 0.15) is 18.0 Å². The first-order valence-corrected chi connectivity index (χ1v) is 7.16. The molecular formula is C16H20N2O2. The second-order valence-corrected chi connectivity index (χ2v) is 5.25. The summed E-state index contributed by atoms with van der Waals surface area (Å²) < 4.78 is 11.7. The van der Waals surface area contributed by atoms with Crippen LogP contribution < -0.4 is 10.5 Å². The second kappa shape index (κ2) is 5.77. The van der Waals surface area contributed by atoms with Crippen LogP contribution in [0.4, 0.5) is 0 Å². The van der Waals surface area contributed by atoms with Gasteiger partial charge in [-0.2, -0.15) is 0 Å². The van der Waals surface area contributed by atoms with E-state index >= 15 is 0 Å². The number of pyridine rings is 1. The smallest absolute Gasteiger partial charge is 0.128 e. The van der Waals surface area contributed by atoms with Gasteiger partial charge in [0.15, 0.2) is 0 Å². The Bertz CT molecular complexity index is 587. The molecule has 3 rings (SSSR count). The Morgan fingerprint density at radius 1 is 1.35 bits per heavy atom. The van der Waals surface area contributed by atoms with Crippen molar-refractivity contribution < 1.29 is 9.47 Å². The first-order chi connectivity index (χ1) is 9.78. The van der Waals surface area contributed by atoms with Crippen molar-refractivity contribution in [2.24, 2.45) is 5.73 Å². The molecule has 1 heterocycles. The minimum Gasteiger partial charge on any atom is -0.488 e. The van der Waals surface area contributed by atoms with Gasteiger partial charge >= 0.3 is 0 Å². The largest absolute Gasteiger partial charge is 0.488 e. The van der Waals surface area contributed by atoms with Gasteiger partial charge in [0.2, 0.25) is 0 Å². The quantitative estimate of drug-likeness (QED) is 0.908. The number of hydrogen-bond acceptors (Lipinski definition) is 4. The van der Waals surface area contributed by atoms with Gasteiger partial charge in [0.05, 0.1) is 5.52 Å². The Morgan fingerprint density at radius 2 is 2.25 bits per heavy atom. The number of hydrogen-bond donors (Lipinski definition) is 1. The Balaban J connectivity index is 1.69. The van der Waals surface area contributed by atoms with Crippen LogP contribution in [0.15, 0.2) is 36.5 Å². The van der Waals surface area contributed by atoms with E-state index in [2.05, 4.69) is 11.9 Å². The Labute approximate surface area is 118 Å². The standard InChI is InChI=1S/C16H20N2O2/c1-2-8-19-16-13(17)10-15(16)20-12-6-5-11-4-3-7-18-14(11)9-12/h3-7,9,13,15-16H,2,8,10,17H2,1H3. The summed E-state index contributed by atoms with van der Waals surface area (Å²) in [5.74, 6) is 0.832. The third-order valence-electron chi connectivity index (χ3n) is 3.67. The molecule has 1 aliphatic carbocycles. The summed E-state index contributed by atoms with van der Waals surface area (Å²) in [6.45, 7) is 2.83. The lowest BCUT2D eigenvalue weighted by Gasteiger charge is -2.41. The van der Waals surface area contributed by atoms with Crippen molar-refractivity contribution >= 4 is 10.9 Å². The fourth-order valence-corrected chi connectivity index (χ4v) is 2.51. The maximum absolute atomic E-state index is 5.99. The van der Waals surface area contributed by atoms with E-state index in [-0.39, 0.29) is 18.2 Å². The van der Waals surface area contributed by atoms with Crippen LogP contribution in [0.25, 0.3) is 10.9 Å². The maximum atomic E-state index is 5.99. The Kier molecular flexibility index (Phi) is 3.85. The summed E-state index contributed by atoms with van der Waals surface area (Å²) in [4.78, 5) is 4.34. The number of nitrogens with zero attached hydrogens (tertiary/aromatic N) is 1. The average molecular weight is 272 g/mol. The molecule has 0 spiro atoms.